The fourth-order valence-electron chi connectivity index (χ4n) is 1.18. The van der Waals surface area contributed by atoms with E-state index in [9.17, 15) is 9.59 Å². The number of rotatable bonds is 3. The van der Waals surface area contributed by atoms with E-state index in [0.717, 1.165) is 0 Å². The van der Waals surface area contributed by atoms with Gasteiger partial charge >= 0.3 is 5.97 Å². The molecule has 0 aromatic carbocycles. The first-order valence-electron chi connectivity index (χ1n) is 4.61. The first-order valence-corrected chi connectivity index (χ1v) is 4.61. The maximum atomic E-state index is 11.6. The van der Waals surface area contributed by atoms with Gasteiger partial charge in [-0.3, -0.25) is 9.59 Å². The molecule has 0 fully saturated rings. The normalized spacial score (nSPS) is 20.7. The van der Waals surface area contributed by atoms with Crippen LogP contribution in [0.5, 0.6) is 0 Å². The lowest BCUT2D eigenvalue weighted by molar-refractivity contribution is -0.151. The molecule has 1 rings (SSSR count). The SMILES string of the molecule is CCOC(=O)C1C=NN(C(C)C)C1=O. The van der Waals surface area contributed by atoms with Gasteiger partial charge in [-0.05, 0) is 20.8 Å². The lowest BCUT2D eigenvalue weighted by atomic mass is 10.1. The van der Waals surface area contributed by atoms with Crippen LogP contribution >= 0.6 is 0 Å². The average molecular weight is 198 g/mol. The fraction of sp³-hybridized carbons (Fsp3) is 0.667. The van der Waals surface area contributed by atoms with E-state index >= 15 is 0 Å². The molecule has 0 aromatic heterocycles. The van der Waals surface area contributed by atoms with E-state index in [1.165, 1.54) is 11.2 Å². The van der Waals surface area contributed by atoms with Crippen molar-refractivity contribution in [2.24, 2.45) is 11.0 Å². The van der Waals surface area contributed by atoms with Crippen LogP contribution in [0.1, 0.15) is 20.8 Å². The summed E-state index contributed by atoms with van der Waals surface area (Å²) in [6.07, 6.45) is 1.33. The Morgan fingerprint density at radius 2 is 2.36 bits per heavy atom. The summed E-state index contributed by atoms with van der Waals surface area (Å²) in [5.41, 5.74) is 0. The zero-order valence-corrected chi connectivity index (χ0v) is 8.56. The summed E-state index contributed by atoms with van der Waals surface area (Å²) in [6, 6.07) is -0.0295. The summed E-state index contributed by atoms with van der Waals surface area (Å²) in [6.45, 7) is 5.65. The third-order valence-corrected chi connectivity index (χ3v) is 1.86. The Morgan fingerprint density at radius 3 is 2.79 bits per heavy atom. The summed E-state index contributed by atoms with van der Waals surface area (Å²) in [5.74, 6) is -1.68. The van der Waals surface area contributed by atoms with Crippen LogP contribution in [0.25, 0.3) is 0 Å². The van der Waals surface area contributed by atoms with Gasteiger partial charge in [-0.1, -0.05) is 0 Å². The van der Waals surface area contributed by atoms with Crippen molar-refractivity contribution in [2.75, 3.05) is 6.61 Å². The zero-order chi connectivity index (χ0) is 10.7. The Bertz CT molecular complexity index is 273. The number of hydrazone groups is 1. The largest absolute Gasteiger partial charge is 0.465 e. The number of esters is 1. The van der Waals surface area contributed by atoms with Crippen LogP contribution in [0.15, 0.2) is 5.10 Å². The minimum Gasteiger partial charge on any atom is -0.465 e. The van der Waals surface area contributed by atoms with Crippen molar-refractivity contribution in [3.8, 4) is 0 Å². The van der Waals surface area contributed by atoms with E-state index < -0.39 is 11.9 Å². The number of hydrogen-bond donors (Lipinski definition) is 0. The molecule has 1 heterocycles. The molecule has 14 heavy (non-hydrogen) atoms. The Labute approximate surface area is 82.7 Å². The van der Waals surface area contributed by atoms with Crippen LogP contribution in [-0.2, 0) is 14.3 Å². The van der Waals surface area contributed by atoms with Crippen molar-refractivity contribution >= 4 is 18.1 Å². The highest BCUT2D eigenvalue weighted by molar-refractivity contribution is 6.13. The van der Waals surface area contributed by atoms with Gasteiger partial charge in [-0.2, -0.15) is 5.10 Å². The quantitative estimate of drug-likeness (QED) is 0.487. The molecule has 5 heteroatoms. The highest BCUT2D eigenvalue weighted by atomic mass is 16.5. The molecule has 5 nitrogen and oxygen atoms in total. The first-order chi connectivity index (χ1) is 6.57. The van der Waals surface area contributed by atoms with E-state index in [1.54, 1.807) is 6.92 Å². The predicted molar refractivity (Wildman–Crippen MR) is 50.6 cm³/mol. The Balaban J connectivity index is 2.65. The molecule has 0 aromatic rings. The zero-order valence-electron chi connectivity index (χ0n) is 8.56. The van der Waals surface area contributed by atoms with E-state index in [1.807, 2.05) is 13.8 Å². The molecular formula is C9H14N2O3. The first kappa shape index (κ1) is 10.7. The maximum Gasteiger partial charge on any atom is 0.324 e. The van der Waals surface area contributed by atoms with Crippen LogP contribution in [-0.4, -0.2) is 35.7 Å². The number of ether oxygens (including phenoxy) is 1. The van der Waals surface area contributed by atoms with Gasteiger partial charge in [0.25, 0.3) is 5.91 Å². The highest BCUT2D eigenvalue weighted by Gasteiger charge is 2.36. The Hall–Kier alpha value is -1.39. The van der Waals surface area contributed by atoms with E-state index in [4.69, 9.17) is 4.74 Å². The second-order valence-electron chi connectivity index (χ2n) is 3.27. The van der Waals surface area contributed by atoms with Gasteiger partial charge in [0.1, 0.15) is 0 Å². The monoisotopic (exact) mass is 198 g/mol. The number of carbonyl (C=O) groups excluding carboxylic acids is 2. The second-order valence-corrected chi connectivity index (χ2v) is 3.27. The summed E-state index contributed by atoms with van der Waals surface area (Å²) >= 11 is 0. The van der Waals surface area contributed by atoms with Crippen LogP contribution in [0.3, 0.4) is 0 Å². The van der Waals surface area contributed by atoms with Crippen molar-refractivity contribution in [1.82, 2.24) is 5.01 Å². The van der Waals surface area contributed by atoms with Crippen molar-refractivity contribution in [1.29, 1.82) is 0 Å². The lowest BCUT2D eigenvalue weighted by Crippen LogP contribution is -2.35. The standard InChI is InChI=1S/C9H14N2O3/c1-4-14-9(13)7-5-10-11(6(2)3)8(7)12/h5-7H,4H2,1-3H3. The third-order valence-electron chi connectivity index (χ3n) is 1.86. The van der Waals surface area contributed by atoms with Crippen molar-refractivity contribution in [2.45, 2.75) is 26.8 Å². The maximum absolute atomic E-state index is 11.6. The molecule has 0 bridgehead atoms. The summed E-state index contributed by atoms with van der Waals surface area (Å²) in [5, 5.41) is 5.15. The van der Waals surface area contributed by atoms with Gasteiger partial charge < -0.3 is 4.74 Å². The molecule has 0 saturated carbocycles. The molecule has 0 spiro atoms. The van der Waals surface area contributed by atoms with Crippen LogP contribution in [0, 0.1) is 5.92 Å². The van der Waals surface area contributed by atoms with Crippen LogP contribution < -0.4 is 0 Å². The van der Waals surface area contributed by atoms with Gasteiger partial charge in [0.05, 0.1) is 6.61 Å². The number of amides is 1. The van der Waals surface area contributed by atoms with Gasteiger partial charge in [-0.25, -0.2) is 5.01 Å². The summed E-state index contributed by atoms with van der Waals surface area (Å²) in [4.78, 5) is 22.8. The molecule has 1 amide bonds. The molecular weight excluding hydrogens is 184 g/mol. The van der Waals surface area contributed by atoms with Gasteiger partial charge in [0, 0.05) is 12.3 Å². The Kier molecular flexibility index (Phi) is 3.22. The van der Waals surface area contributed by atoms with Crippen molar-refractivity contribution < 1.29 is 14.3 Å². The molecule has 0 saturated heterocycles. The molecule has 0 N–H and O–H groups in total. The third kappa shape index (κ3) is 1.92. The van der Waals surface area contributed by atoms with E-state index in [2.05, 4.69) is 5.10 Å². The van der Waals surface area contributed by atoms with Gasteiger partial charge in [-0.15, -0.1) is 0 Å². The van der Waals surface area contributed by atoms with Gasteiger partial charge in [0.15, 0.2) is 5.92 Å². The smallest absolute Gasteiger partial charge is 0.324 e. The van der Waals surface area contributed by atoms with Crippen molar-refractivity contribution in [3.05, 3.63) is 0 Å². The molecule has 1 aliphatic heterocycles. The highest BCUT2D eigenvalue weighted by Crippen LogP contribution is 2.14. The summed E-state index contributed by atoms with van der Waals surface area (Å²) in [7, 11) is 0. The number of carbonyl (C=O) groups is 2. The molecule has 1 aliphatic rings. The number of hydrogen-bond acceptors (Lipinski definition) is 4. The topological polar surface area (TPSA) is 59.0 Å². The minimum absolute atomic E-state index is 0.0295. The number of nitrogens with zero attached hydrogens (tertiary/aromatic N) is 2. The Morgan fingerprint density at radius 1 is 1.71 bits per heavy atom. The summed E-state index contributed by atoms with van der Waals surface area (Å²) < 4.78 is 4.75. The minimum atomic E-state index is -0.850. The lowest BCUT2D eigenvalue weighted by Gasteiger charge is -2.17. The second kappa shape index (κ2) is 4.21. The van der Waals surface area contributed by atoms with Gasteiger partial charge in [0.2, 0.25) is 0 Å². The van der Waals surface area contributed by atoms with E-state index in [-0.39, 0.29) is 18.6 Å². The predicted octanol–water partition coefficient (Wildman–Crippen LogP) is 0.402. The van der Waals surface area contributed by atoms with Crippen LogP contribution in [0.2, 0.25) is 0 Å². The molecule has 0 radical (unpaired) electrons. The van der Waals surface area contributed by atoms with E-state index in [0.29, 0.717) is 0 Å². The van der Waals surface area contributed by atoms with Crippen LogP contribution in [0.4, 0.5) is 0 Å². The fourth-order valence-corrected chi connectivity index (χ4v) is 1.18. The van der Waals surface area contributed by atoms with Crippen molar-refractivity contribution in [3.63, 3.8) is 0 Å². The average Bonchev–Trinajstić information content (AvgIpc) is 2.47. The molecule has 1 unspecified atom stereocenters. The molecule has 0 aliphatic carbocycles. The molecule has 78 valence electrons. The molecule has 1 atom stereocenters.